The van der Waals surface area contributed by atoms with Crippen molar-refractivity contribution in [2.24, 2.45) is 0 Å². The van der Waals surface area contributed by atoms with Crippen molar-refractivity contribution >= 4 is 16.3 Å². The van der Waals surface area contributed by atoms with Gasteiger partial charge in [0.05, 0.1) is 17.9 Å². The lowest BCUT2D eigenvalue weighted by Gasteiger charge is -2.24. The van der Waals surface area contributed by atoms with Gasteiger partial charge in [-0.2, -0.15) is 5.10 Å². The van der Waals surface area contributed by atoms with Crippen molar-refractivity contribution in [2.75, 3.05) is 6.54 Å². The Morgan fingerprint density at radius 3 is 3.16 bits per heavy atom. The highest BCUT2D eigenvalue weighted by molar-refractivity contribution is 7.15. The van der Waals surface area contributed by atoms with Crippen molar-refractivity contribution in [3.63, 3.8) is 0 Å². The lowest BCUT2D eigenvalue weighted by atomic mass is 10.2. The van der Waals surface area contributed by atoms with E-state index in [1.54, 1.807) is 22.1 Å². The normalized spacial score (nSPS) is 20.6. The minimum atomic E-state index is 0.0509. The highest BCUT2D eigenvalue weighted by Gasteiger charge is 2.27. The van der Waals surface area contributed by atoms with Crippen molar-refractivity contribution in [2.45, 2.75) is 51.2 Å². The monoisotopic (exact) mass is 355 g/mol. The van der Waals surface area contributed by atoms with Crippen molar-refractivity contribution < 1.29 is 0 Å². The van der Waals surface area contributed by atoms with Crippen LogP contribution < -0.4 is 5.56 Å². The Hall–Kier alpha value is -1.99. The van der Waals surface area contributed by atoms with Crippen LogP contribution in [-0.2, 0) is 25.9 Å². The third-order valence-electron chi connectivity index (χ3n) is 5.41. The molecule has 5 rings (SSSR count). The average molecular weight is 355 g/mol. The van der Waals surface area contributed by atoms with Gasteiger partial charge in [-0.3, -0.25) is 14.1 Å². The molecule has 1 unspecified atom stereocenters. The summed E-state index contributed by atoms with van der Waals surface area (Å²) in [5.74, 6) is 0. The fourth-order valence-electron chi connectivity index (χ4n) is 4.14. The largest absolute Gasteiger partial charge is 0.297 e. The summed E-state index contributed by atoms with van der Waals surface area (Å²) in [6, 6.07) is 2.17. The molecule has 0 saturated carbocycles. The number of hydrogen-bond acceptors (Lipinski definition) is 5. The van der Waals surface area contributed by atoms with Gasteiger partial charge in [-0.1, -0.05) is 0 Å². The lowest BCUT2D eigenvalue weighted by Crippen LogP contribution is -2.37. The van der Waals surface area contributed by atoms with Gasteiger partial charge in [0.25, 0.3) is 5.56 Å². The van der Waals surface area contributed by atoms with Crippen LogP contribution in [0.2, 0.25) is 0 Å². The summed E-state index contributed by atoms with van der Waals surface area (Å²) in [5.41, 5.74) is 3.43. The van der Waals surface area contributed by atoms with Gasteiger partial charge in [0.1, 0.15) is 0 Å². The fraction of sp³-hybridized carbons (Fsp3) is 0.500. The van der Waals surface area contributed by atoms with Gasteiger partial charge >= 0.3 is 0 Å². The van der Waals surface area contributed by atoms with E-state index in [9.17, 15) is 4.79 Å². The fourth-order valence-corrected chi connectivity index (χ4v) is 4.86. The van der Waals surface area contributed by atoms with E-state index in [4.69, 9.17) is 4.98 Å². The Balaban J connectivity index is 1.34. The number of hydrogen-bond donors (Lipinski definition) is 0. The Morgan fingerprint density at radius 2 is 2.24 bits per heavy atom. The highest BCUT2D eigenvalue weighted by atomic mass is 32.1. The first kappa shape index (κ1) is 15.3. The van der Waals surface area contributed by atoms with Crippen LogP contribution in [0.5, 0.6) is 0 Å². The molecule has 130 valence electrons. The Labute approximate surface area is 149 Å². The summed E-state index contributed by atoms with van der Waals surface area (Å²) in [5, 5.41) is 6.70. The zero-order chi connectivity index (χ0) is 16.8. The first-order chi connectivity index (χ1) is 12.3. The van der Waals surface area contributed by atoms with Gasteiger partial charge in [0.15, 0.2) is 4.96 Å². The molecule has 0 aromatic carbocycles. The maximum absolute atomic E-state index is 12.4. The molecule has 7 heteroatoms. The van der Waals surface area contributed by atoms with E-state index in [0.717, 1.165) is 60.7 Å². The van der Waals surface area contributed by atoms with Crippen LogP contribution in [0.4, 0.5) is 0 Å². The summed E-state index contributed by atoms with van der Waals surface area (Å²) in [6.07, 6.45) is 9.59. The van der Waals surface area contributed by atoms with Crippen LogP contribution in [0.1, 0.15) is 36.2 Å². The molecule has 1 fully saturated rings. The van der Waals surface area contributed by atoms with Crippen molar-refractivity contribution in [1.82, 2.24) is 24.1 Å². The molecule has 3 aromatic rings. The summed E-state index contributed by atoms with van der Waals surface area (Å²) in [6.45, 7) is 2.60. The second kappa shape index (κ2) is 6.07. The molecule has 1 saturated heterocycles. The van der Waals surface area contributed by atoms with Crippen molar-refractivity contribution in [3.05, 3.63) is 51.1 Å². The number of rotatable bonds is 4. The molecule has 0 N–H and O–H groups in total. The summed E-state index contributed by atoms with van der Waals surface area (Å²) >= 11 is 1.66. The van der Waals surface area contributed by atoms with Crippen LogP contribution in [0.25, 0.3) is 4.96 Å². The van der Waals surface area contributed by atoms with Gasteiger partial charge < -0.3 is 0 Å². The molecule has 1 aliphatic heterocycles. The molecule has 1 atom stereocenters. The summed E-state index contributed by atoms with van der Waals surface area (Å²) < 4.78 is 3.77. The number of thiazole rings is 1. The van der Waals surface area contributed by atoms with E-state index >= 15 is 0 Å². The Morgan fingerprint density at radius 1 is 1.28 bits per heavy atom. The molecule has 3 aromatic heterocycles. The number of aryl methyl sites for hydroxylation is 2. The first-order valence-corrected chi connectivity index (χ1v) is 9.89. The summed E-state index contributed by atoms with van der Waals surface area (Å²) in [7, 11) is 0. The standard InChI is InChI=1S/C18H21N5OS/c24-17-9-13-3-1-5-16(13)20-23(17)12-15-4-2-6-21(15)10-14-11-22-7-8-25-18(22)19-14/h7-9,11,15H,1-6,10,12H2. The quantitative estimate of drug-likeness (QED) is 0.719. The average Bonchev–Trinajstić information content (AvgIpc) is 3.33. The van der Waals surface area contributed by atoms with E-state index in [-0.39, 0.29) is 5.56 Å². The van der Waals surface area contributed by atoms with Gasteiger partial charge in [0, 0.05) is 36.4 Å². The second-order valence-electron chi connectivity index (χ2n) is 7.08. The minimum Gasteiger partial charge on any atom is -0.297 e. The minimum absolute atomic E-state index is 0.0509. The van der Waals surface area contributed by atoms with E-state index in [0.29, 0.717) is 12.6 Å². The first-order valence-electron chi connectivity index (χ1n) is 9.01. The molecule has 2 aliphatic rings. The third-order valence-corrected chi connectivity index (χ3v) is 6.19. The molecule has 25 heavy (non-hydrogen) atoms. The topological polar surface area (TPSA) is 55.4 Å². The second-order valence-corrected chi connectivity index (χ2v) is 7.95. The van der Waals surface area contributed by atoms with Gasteiger partial charge in [-0.05, 0) is 44.2 Å². The molecule has 0 bridgehead atoms. The lowest BCUT2D eigenvalue weighted by molar-refractivity contribution is 0.214. The third kappa shape index (κ3) is 2.81. The molecule has 0 radical (unpaired) electrons. The molecule has 0 amide bonds. The van der Waals surface area contributed by atoms with Crippen LogP contribution in [-0.4, -0.2) is 36.7 Å². The van der Waals surface area contributed by atoms with Gasteiger partial charge in [-0.25, -0.2) is 9.67 Å². The van der Waals surface area contributed by atoms with Gasteiger partial charge in [-0.15, -0.1) is 11.3 Å². The molecular formula is C18H21N5OS. The molecule has 0 spiro atoms. The predicted octanol–water partition coefficient (Wildman–Crippen LogP) is 2.11. The predicted molar refractivity (Wildman–Crippen MR) is 97.0 cm³/mol. The Kier molecular flexibility index (Phi) is 3.71. The maximum Gasteiger partial charge on any atom is 0.267 e. The number of likely N-dealkylation sites (tertiary alicyclic amines) is 1. The van der Waals surface area contributed by atoms with Crippen molar-refractivity contribution in [3.8, 4) is 0 Å². The van der Waals surface area contributed by atoms with Crippen LogP contribution in [0.15, 0.2) is 28.6 Å². The van der Waals surface area contributed by atoms with E-state index in [1.165, 1.54) is 6.42 Å². The van der Waals surface area contributed by atoms with E-state index in [2.05, 4.69) is 26.0 Å². The van der Waals surface area contributed by atoms with Crippen LogP contribution in [0.3, 0.4) is 0 Å². The molecular weight excluding hydrogens is 334 g/mol. The molecule has 6 nitrogen and oxygen atoms in total. The zero-order valence-corrected chi connectivity index (χ0v) is 14.9. The number of aromatic nitrogens is 4. The summed E-state index contributed by atoms with van der Waals surface area (Å²) in [4.78, 5) is 20.6. The SMILES string of the molecule is O=c1cc2c(nn1CC1CCCN1Cc1cn3ccsc3n1)CCC2. The number of fused-ring (bicyclic) bond motifs is 2. The molecule has 4 heterocycles. The number of nitrogens with zero attached hydrogens (tertiary/aromatic N) is 5. The molecule has 1 aliphatic carbocycles. The zero-order valence-electron chi connectivity index (χ0n) is 14.1. The van der Waals surface area contributed by atoms with Crippen LogP contribution >= 0.6 is 11.3 Å². The smallest absolute Gasteiger partial charge is 0.267 e. The van der Waals surface area contributed by atoms with E-state index in [1.807, 2.05) is 6.20 Å². The number of imidazole rings is 1. The van der Waals surface area contributed by atoms with Crippen LogP contribution in [0, 0.1) is 0 Å². The highest BCUT2D eigenvalue weighted by Crippen LogP contribution is 2.22. The Bertz CT molecular complexity index is 943. The van der Waals surface area contributed by atoms with E-state index < -0.39 is 0 Å². The van der Waals surface area contributed by atoms with Crippen molar-refractivity contribution in [1.29, 1.82) is 0 Å². The maximum atomic E-state index is 12.4. The van der Waals surface area contributed by atoms with Gasteiger partial charge in [0.2, 0.25) is 0 Å².